The number of hydrogen-bond acceptors (Lipinski definition) is 2. The standard InChI is InChI=1S/C14H20O2S/c1-11-3-5-13(6-4-11)8-10-17(15)14-7-9-16-12(14)2/h3-6,12,14H,7-10H2,1-2H3. The van der Waals surface area contributed by atoms with Crippen LogP contribution >= 0.6 is 0 Å². The van der Waals surface area contributed by atoms with E-state index in [0.29, 0.717) is 0 Å². The summed E-state index contributed by atoms with van der Waals surface area (Å²) in [4.78, 5) is 0. The summed E-state index contributed by atoms with van der Waals surface area (Å²) in [5.41, 5.74) is 2.54. The van der Waals surface area contributed by atoms with Crippen LogP contribution in [0.15, 0.2) is 24.3 Å². The molecule has 1 aliphatic rings. The average molecular weight is 252 g/mol. The van der Waals surface area contributed by atoms with E-state index in [1.165, 1.54) is 11.1 Å². The van der Waals surface area contributed by atoms with Gasteiger partial charge in [-0.15, -0.1) is 0 Å². The minimum absolute atomic E-state index is 0.161. The highest BCUT2D eigenvalue weighted by molar-refractivity contribution is 7.85. The monoisotopic (exact) mass is 252 g/mol. The first-order valence-corrected chi connectivity index (χ1v) is 7.59. The molecule has 0 spiro atoms. The van der Waals surface area contributed by atoms with Gasteiger partial charge in [0.1, 0.15) is 0 Å². The third-order valence-corrected chi connectivity index (χ3v) is 5.26. The van der Waals surface area contributed by atoms with E-state index in [4.69, 9.17) is 4.74 Å². The summed E-state index contributed by atoms with van der Waals surface area (Å²) in [6.45, 7) is 4.88. The van der Waals surface area contributed by atoms with Crippen molar-refractivity contribution in [1.82, 2.24) is 0 Å². The highest BCUT2D eigenvalue weighted by Crippen LogP contribution is 2.19. The minimum Gasteiger partial charge on any atom is -0.377 e. The number of ether oxygens (including phenoxy) is 1. The molecule has 1 aromatic rings. The lowest BCUT2D eigenvalue weighted by Gasteiger charge is -2.13. The van der Waals surface area contributed by atoms with Gasteiger partial charge in [0.25, 0.3) is 0 Å². The van der Waals surface area contributed by atoms with Crippen molar-refractivity contribution in [2.24, 2.45) is 0 Å². The van der Waals surface area contributed by atoms with Gasteiger partial charge in [-0.1, -0.05) is 29.8 Å². The second-order valence-corrected chi connectivity index (χ2v) is 6.50. The Morgan fingerprint density at radius 3 is 2.65 bits per heavy atom. The lowest BCUT2D eigenvalue weighted by Crippen LogP contribution is -2.25. The summed E-state index contributed by atoms with van der Waals surface area (Å²) in [6.07, 6.45) is 2.01. The zero-order valence-corrected chi connectivity index (χ0v) is 11.3. The first kappa shape index (κ1) is 12.8. The van der Waals surface area contributed by atoms with Gasteiger partial charge in [0.05, 0.1) is 11.4 Å². The van der Waals surface area contributed by atoms with Gasteiger partial charge in [-0.2, -0.15) is 0 Å². The maximum atomic E-state index is 12.1. The molecular formula is C14H20O2S. The Morgan fingerprint density at radius 2 is 2.06 bits per heavy atom. The Morgan fingerprint density at radius 1 is 1.35 bits per heavy atom. The maximum Gasteiger partial charge on any atom is 0.0691 e. The molecule has 2 nitrogen and oxygen atoms in total. The van der Waals surface area contributed by atoms with Crippen molar-refractivity contribution in [3.8, 4) is 0 Å². The fourth-order valence-corrected chi connectivity index (χ4v) is 3.79. The molecule has 2 rings (SSSR count). The fourth-order valence-electron chi connectivity index (χ4n) is 2.18. The van der Waals surface area contributed by atoms with Gasteiger partial charge in [-0.3, -0.25) is 4.21 Å². The van der Waals surface area contributed by atoms with Crippen molar-refractivity contribution < 1.29 is 8.95 Å². The molecule has 0 aromatic heterocycles. The van der Waals surface area contributed by atoms with Crippen LogP contribution < -0.4 is 0 Å². The van der Waals surface area contributed by atoms with Gasteiger partial charge in [-0.25, -0.2) is 0 Å². The molecule has 3 heteroatoms. The van der Waals surface area contributed by atoms with Crippen LogP contribution in [-0.2, 0) is 22.0 Å². The van der Waals surface area contributed by atoms with E-state index in [1.807, 2.05) is 6.92 Å². The van der Waals surface area contributed by atoms with Crippen molar-refractivity contribution in [2.45, 2.75) is 38.0 Å². The van der Waals surface area contributed by atoms with E-state index in [2.05, 4.69) is 31.2 Å². The van der Waals surface area contributed by atoms with Gasteiger partial charge < -0.3 is 4.74 Å². The van der Waals surface area contributed by atoms with Gasteiger partial charge in [0.2, 0.25) is 0 Å². The first-order chi connectivity index (χ1) is 8.16. The van der Waals surface area contributed by atoms with Crippen LogP contribution in [0.5, 0.6) is 0 Å². The molecule has 3 unspecified atom stereocenters. The predicted octanol–water partition coefficient (Wildman–Crippen LogP) is 2.46. The quantitative estimate of drug-likeness (QED) is 0.823. The van der Waals surface area contributed by atoms with E-state index in [-0.39, 0.29) is 11.4 Å². The average Bonchev–Trinajstić information content (AvgIpc) is 2.74. The summed E-state index contributed by atoms with van der Waals surface area (Å²) in [5, 5.41) is 0.237. The zero-order chi connectivity index (χ0) is 12.3. The maximum absolute atomic E-state index is 12.1. The smallest absolute Gasteiger partial charge is 0.0691 e. The van der Waals surface area contributed by atoms with Crippen molar-refractivity contribution in [2.75, 3.05) is 12.4 Å². The minimum atomic E-state index is -0.756. The van der Waals surface area contributed by atoms with Crippen LogP contribution in [0, 0.1) is 6.92 Å². The molecule has 0 amide bonds. The Hall–Kier alpha value is -0.670. The summed E-state index contributed by atoms with van der Waals surface area (Å²) in [6, 6.07) is 8.47. The molecular weight excluding hydrogens is 232 g/mol. The van der Waals surface area contributed by atoms with Crippen LogP contribution in [0.3, 0.4) is 0 Å². The molecule has 1 aromatic carbocycles. The molecule has 3 atom stereocenters. The highest BCUT2D eigenvalue weighted by Gasteiger charge is 2.29. The van der Waals surface area contributed by atoms with Crippen LogP contribution in [0.4, 0.5) is 0 Å². The number of hydrogen-bond donors (Lipinski definition) is 0. The molecule has 1 saturated heterocycles. The first-order valence-electron chi connectivity index (χ1n) is 6.21. The zero-order valence-electron chi connectivity index (χ0n) is 10.5. The van der Waals surface area contributed by atoms with Crippen molar-refractivity contribution in [3.63, 3.8) is 0 Å². The van der Waals surface area contributed by atoms with Gasteiger partial charge in [0.15, 0.2) is 0 Å². The summed E-state index contributed by atoms with van der Waals surface area (Å²) in [5.74, 6) is 0.751. The SMILES string of the molecule is Cc1ccc(CCS(=O)C2CCOC2C)cc1. The second kappa shape index (κ2) is 5.78. The molecule has 0 aliphatic carbocycles. The third kappa shape index (κ3) is 3.39. The number of aryl methyl sites for hydroxylation is 2. The fraction of sp³-hybridized carbons (Fsp3) is 0.571. The van der Waals surface area contributed by atoms with Gasteiger partial charge in [0, 0.05) is 23.2 Å². The lowest BCUT2D eigenvalue weighted by molar-refractivity contribution is 0.127. The Kier molecular flexibility index (Phi) is 4.35. The number of rotatable bonds is 4. The van der Waals surface area contributed by atoms with E-state index < -0.39 is 10.8 Å². The van der Waals surface area contributed by atoms with E-state index in [9.17, 15) is 4.21 Å². The molecule has 0 radical (unpaired) electrons. The number of benzene rings is 1. The Labute approximate surface area is 106 Å². The summed E-state index contributed by atoms with van der Waals surface area (Å²) in [7, 11) is -0.756. The van der Waals surface area contributed by atoms with Crippen LogP contribution in [-0.4, -0.2) is 27.9 Å². The van der Waals surface area contributed by atoms with Crippen LogP contribution in [0.2, 0.25) is 0 Å². The predicted molar refractivity (Wildman–Crippen MR) is 71.7 cm³/mol. The van der Waals surface area contributed by atoms with Gasteiger partial charge in [-0.05, 0) is 32.3 Å². The Balaban J connectivity index is 1.85. The summed E-state index contributed by atoms with van der Waals surface area (Å²) < 4.78 is 17.6. The van der Waals surface area contributed by atoms with E-state index in [1.54, 1.807) is 0 Å². The van der Waals surface area contributed by atoms with E-state index >= 15 is 0 Å². The largest absolute Gasteiger partial charge is 0.377 e. The van der Waals surface area contributed by atoms with Crippen LogP contribution in [0.1, 0.15) is 24.5 Å². The van der Waals surface area contributed by atoms with Crippen molar-refractivity contribution in [3.05, 3.63) is 35.4 Å². The molecule has 0 bridgehead atoms. The molecule has 1 heterocycles. The molecule has 0 N–H and O–H groups in total. The molecule has 0 saturated carbocycles. The normalized spacial score (nSPS) is 26.0. The van der Waals surface area contributed by atoms with E-state index in [0.717, 1.165) is 25.2 Å². The van der Waals surface area contributed by atoms with Gasteiger partial charge >= 0.3 is 0 Å². The highest BCUT2D eigenvalue weighted by atomic mass is 32.2. The lowest BCUT2D eigenvalue weighted by atomic mass is 10.1. The molecule has 1 fully saturated rings. The topological polar surface area (TPSA) is 26.3 Å². The molecule has 17 heavy (non-hydrogen) atoms. The molecule has 94 valence electrons. The second-order valence-electron chi connectivity index (χ2n) is 4.72. The van der Waals surface area contributed by atoms with Crippen LogP contribution in [0.25, 0.3) is 0 Å². The Bertz CT molecular complexity index is 386. The van der Waals surface area contributed by atoms with Crippen molar-refractivity contribution in [1.29, 1.82) is 0 Å². The third-order valence-electron chi connectivity index (χ3n) is 3.36. The van der Waals surface area contributed by atoms with Crippen molar-refractivity contribution >= 4 is 10.8 Å². The molecule has 1 aliphatic heterocycles. The summed E-state index contributed by atoms with van der Waals surface area (Å²) >= 11 is 0.